The Labute approximate surface area is 114 Å². The quantitative estimate of drug-likeness (QED) is 0.758. The summed E-state index contributed by atoms with van der Waals surface area (Å²) in [5, 5.41) is 11.6. The van der Waals surface area contributed by atoms with E-state index in [2.05, 4.69) is 12.2 Å². The molecule has 0 radical (unpaired) electrons. The van der Waals surface area contributed by atoms with Gasteiger partial charge < -0.3 is 15.2 Å². The van der Waals surface area contributed by atoms with Crippen LogP contribution in [0.3, 0.4) is 0 Å². The fourth-order valence-electron chi connectivity index (χ4n) is 1.70. The van der Waals surface area contributed by atoms with Gasteiger partial charge in [-0.05, 0) is 50.5 Å². The summed E-state index contributed by atoms with van der Waals surface area (Å²) < 4.78 is 5.46. The van der Waals surface area contributed by atoms with Crippen molar-refractivity contribution in [3.05, 3.63) is 29.8 Å². The molecule has 0 aliphatic carbocycles. The Hall–Kier alpha value is -1.55. The first-order valence-corrected chi connectivity index (χ1v) is 6.82. The van der Waals surface area contributed by atoms with Gasteiger partial charge in [0, 0.05) is 18.2 Å². The van der Waals surface area contributed by atoms with E-state index in [1.807, 2.05) is 19.1 Å². The molecule has 1 unspecified atom stereocenters. The molecule has 0 aliphatic rings. The van der Waals surface area contributed by atoms with Crippen LogP contribution in [0.1, 0.15) is 43.5 Å². The molecule has 1 rings (SSSR count). The van der Waals surface area contributed by atoms with Crippen LogP contribution in [0.5, 0.6) is 5.75 Å². The van der Waals surface area contributed by atoms with E-state index in [9.17, 15) is 4.79 Å². The Balaban J connectivity index is 2.48. The van der Waals surface area contributed by atoms with Crippen molar-refractivity contribution in [1.29, 1.82) is 0 Å². The molecule has 1 amide bonds. The van der Waals surface area contributed by atoms with Crippen LogP contribution in [0, 0.1) is 0 Å². The molecule has 0 saturated heterocycles. The summed E-state index contributed by atoms with van der Waals surface area (Å²) in [4.78, 5) is 11.9. The average Bonchev–Trinajstić information content (AvgIpc) is 2.43. The Morgan fingerprint density at radius 2 is 2.05 bits per heavy atom. The third-order valence-corrected chi connectivity index (χ3v) is 2.76. The maximum Gasteiger partial charge on any atom is 0.251 e. The molecular weight excluding hydrogens is 242 g/mol. The monoisotopic (exact) mass is 265 g/mol. The molecule has 2 N–H and O–H groups in total. The molecule has 19 heavy (non-hydrogen) atoms. The van der Waals surface area contributed by atoms with Crippen LogP contribution in [0.4, 0.5) is 0 Å². The molecule has 4 heteroatoms. The molecular formula is C15H23NO3. The highest BCUT2D eigenvalue weighted by molar-refractivity contribution is 5.94. The van der Waals surface area contributed by atoms with E-state index in [1.165, 1.54) is 0 Å². The number of amides is 1. The van der Waals surface area contributed by atoms with E-state index in [1.54, 1.807) is 12.1 Å². The Kier molecular flexibility index (Phi) is 6.97. The number of hydrogen-bond acceptors (Lipinski definition) is 3. The summed E-state index contributed by atoms with van der Waals surface area (Å²) in [6.45, 7) is 4.83. The number of aliphatic hydroxyl groups is 1. The fourth-order valence-corrected chi connectivity index (χ4v) is 1.70. The zero-order valence-corrected chi connectivity index (χ0v) is 11.7. The number of rotatable bonds is 8. The highest BCUT2D eigenvalue weighted by Gasteiger charge is 2.09. The number of nitrogens with one attached hydrogen (secondary N) is 1. The van der Waals surface area contributed by atoms with E-state index < -0.39 is 0 Å². The van der Waals surface area contributed by atoms with E-state index in [4.69, 9.17) is 9.84 Å². The topological polar surface area (TPSA) is 58.6 Å². The summed E-state index contributed by atoms with van der Waals surface area (Å²) >= 11 is 0. The van der Waals surface area contributed by atoms with Crippen molar-refractivity contribution in [3.8, 4) is 5.75 Å². The van der Waals surface area contributed by atoms with Crippen LogP contribution < -0.4 is 10.1 Å². The minimum atomic E-state index is -0.0903. The highest BCUT2D eigenvalue weighted by atomic mass is 16.5. The summed E-state index contributed by atoms with van der Waals surface area (Å²) in [6, 6.07) is 7.21. The second-order valence-corrected chi connectivity index (χ2v) is 4.61. The summed E-state index contributed by atoms with van der Waals surface area (Å²) in [7, 11) is 0. The predicted molar refractivity (Wildman–Crippen MR) is 75.5 cm³/mol. The van der Waals surface area contributed by atoms with Gasteiger partial charge in [0.05, 0.1) is 6.61 Å². The molecule has 1 aromatic rings. The fraction of sp³-hybridized carbons (Fsp3) is 0.533. The molecule has 1 atom stereocenters. The molecule has 0 aliphatic heterocycles. The van der Waals surface area contributed by atoms with Crippen molar-refractivity contribution in [2.24, 2.45) is 0 Å². The second-order valence-electron chi connectivity index (χ2n) is 4.61. The van der Waals surface area contributed by atoms with Crippen LogP contribution in [-0.4, -0.2) is 30.3 Å². The van der Waals surface area contributed by atoms with Gasteiger partial charge in [0.25, 0.3) is 5.91 Å². The molecule has 0 saturated carbocycles. The standard InChI is InChI=1S/C15H23NO3/c1-3-11-19-14-8-6-13(7-9-14)15(18)16-12(2)5-4-10-17/h6-9,12,17H,3-5,10-11H2,1-2H3,(H,16,18). The van der Waals surface area contributed by atoms with E-state index in [-0.39, 0.29) is 18.6 Å². The van der Waals surface area contributed by atoms with E-state index in [0.717, 1.165) is 18.6 Å². The molecule has 0 aromatic heterocycles. The first-order valence-electron chi connectivity index (χ1n) is 6.82. The smallest absolute Gasteiger partial charge is 0.251 e. The first-order chi connectivity index (χ1) is 9.17. The maximum atomic E-state index is 11.9. The van der Waals surface area contributed by atoms with Gasteiger partial charge in [-0.3, -0.25) is 4.79 Å². The van der Waals surface area contributed by atoms with Crippen molar-refractivity contribution < 1.29 is 14.6 Å². The van der Waals surface area contributed by atoms with Crippen LogP contribution in [-0.2, 0) is 0 Å². The van der Waals surface area contributed by atoms with Gasteiger partial charge in [-0.25, -0.2) is 0 Å². The van der Waals surface area contributed by atoms with Gasteiger partial charge in [-0.2, -0.15) is 0 Å². The lowest BCUT2D eigenvalue weighted by molar-refractivity contribution is 0.0936. The van der Waals surface area contributed by atoms with Crippen LogP contribution in [0.25, 0.3) is 0 Å². The van der Waals surface area contributed by atoms with Crippen molar-refractivity contribution >= 4 is 5.91 Å². The number of carbonyl (C=O) groups excluding carboxylic acids is 1. The normalized spacial score (nSPS) is 11.9. The summed E-state index contributed by atoms with van der Waals surface area (Å²) in [6.07, 6.45) is 2.44. The number of carbonyl (C=O) groups is 1. The van der Waals surface area contributed by atoms with Gasteiger partial charge in [0.15, 0.2) is 0 Å². The van der Waals surface area contributed by atoms with Gasteiger partial charge in [-0.15, -0.1) is 0 Å². The third-order valence-electron chi connectivity index (χ3n) is 2.76. The number of aliphatic hydroxyl groups excluding tert-OH is 1. The number of benzene rings is 1. The summed E-state index contributed by atoms with van der Waals surface area (Å²) in [5.74, 6) is 0.694. The van der Waals surface area contributed by atoms with Crippen LogP contribution in [0.2, 0.25) is 0 Å². The van der Waals surface area contributed by atoms with Crippen molar-refractivity contribution in [3.63, 3.8) is 0 Å². The molecule has 0 heterocycles. The van der Waals surface area contributed by atoms with Crippen LogP contribution >= 0.6 is 0 Å². The zero-order chi connectivity index (χ0) is 14.1. The van der Waals surface area contributed by atoms with Gasteiger partial charge in [0.2, 0.25) is 0 Å². The number of ether oxygens (including phenoxy) is 1. The minimum Gasteiger partial charge on any atom is -0.494 e. The third kappa shape index (κ3) is 5.75. The van der Waals surface area contributed by atoms with Crippen molar-refractivity contribution in [2.45, 2.75) is 39.2 Å². The van der Waals surface area contributed by atoms with Crippen molar-refractivity contribution in [1.82, 2.24) is 5.32 Å². The zero-order valence-electron chi connectivity index (χ0n) is 11.7. The number of hydrogen-bond donors (Lipinski definition) is 2. The molecule has 106 valence electrons. The molecule has 0 fully saturated rings. The predicted octanol–water partition coefficient (Wildman–Crippen LogP) is 2.37. The highest BCUT2D eigenvalue weighted by Crippen LogP contribution is 2.12. The largest absolute Gasteiger partial charge is 0.494 e. The second kappa shape index (κ2) is 8.53. The lowest BCUT2D eigenvalue weighted by Gasteiger charge is -2.13. The lowest BCUT2D eigenvalue weighted by atomic mass is 10.1. The molecule has 1 aromatic carbocycles. The SMILES string of the molecule is CCCOc1ccc(C(=O)NC(C)CCCO)cc1. The minimum absolute atomic E-state index is 0.0654. The Morgan fingerprint density at radius 1 is 1.37 bits per heavy atom. The summed E-state index contributed by atoms with van der Waals surface area (Å²) in [5.41, 5.74) is 0.625. The van der Waals surface area contributed by atoms with Gasteiger partial charge in [0.1, 0.15) is 5.75 Å². The van der Waals surface area contributed by atoms with E-state index in [0.29, 0.717) is 18.6 Å². The first kappa shape index (κ1) is 15.5. The molecule has 0 spiro atoms. The van der Waals surface area contributed by atoms with Crippen molar-refractivity contribution in [2.75, 3.05) is 13.2 Å². The molecule has 4 nitrogen and oxygen atoms in total. The maximum absolute atomic E-state index is 11.9. The van der Waals surface area contributed by atoms with Gasteiger partial charge in [-0.1, -0.05) is 6.92 Å². The Morgan fingerprint density at radius 3 is 2.63 bits per heavy atom. The Bertz CT molecular complexity index is 375. The van der Waals surface area contributed by atoms with E-state index >= 15 is 0 Å². The lowest BCUT2D eigenvalue weighted by Crippen LogP contribution is -2.32. The van der Waals surface area contributed by atoms with Gasteiger partial charge >= 0.3 is 0 Å². The molecule has 0 bridgehead atoms. The van der Waals surface area contributed by atoms with Crippen LogP contribution in [0.15, 0.2) is 24.3 Å². The average molecular weight is 265 g/mol.